The van der Waals surface area contributed by atoms with Crippen molar-refractivity contribution < 1.29 is 22.4 Å². The van der Waals surface area contributed by atoms with Crippen LogP contribution in [0.1, 0.15) is 37.9 Å². The summed E-state index contributed by atoms with van der Waals surface area (Å²) < 4.78 is 43.0. The molecule has 2 N–H and O–H groups in total. The second kappa shape index (κ2) is 6.09. The molecule has 1 amide bonds. The maximum Gasteiger partial charge on any atom is 0.406 e. The molecular formula is C14H19F3N2O2. The van der Waals surface area contributed by atoms with Crippen LogP contribution in [0.25, 0.3) is 0 Å². The van der Waals surface area contributed by atoms with Crippen LogP contribution in [-0.4, -0.2) is 29.1 Å². The molecular weight excluding hydrogens is 285 g/mol. The van der Waals surface area contributed by atoms with Gasteiger partial charge in [0, 0.05) is 12.0 Å². The van der Waals surface area contributed by atoms with Gasteiger partial charge in [-0.2, -0.15) is 13.2 Å². The third-order valence-corrected chi connectivity index (χ3v) is 3.75. The number of halogens is 3. The van der Waals surface area contributed by atoms with Gasteiger partial charge in [0.1, 0.15) is 12.3 Å². The van der Waals surface area contributed by atoms with Crippen LogP contribution in [0.15, 0.2) is 22.8 Å². The highest BCUT2D eigenvalue weighted by Gasteiger charge is 2.37. The van der Waals surface area contributed by atoms with E-state index in [-0.39, 0.29) is 13.0 Å². The number of nitrogens with two attached hydrogens (primary N) is 1. The number of hydrogen-bond donors (Lipinski definition) is 1. The number of alkyl halides is 3. The normalized spacial score (nSPS) is 17.9. The van der Waals surface area contributed by atoms with Crippen LogP contribution >= 0.6 is 0 Å². The van der Waals surface area contributed by atoms with Crippen molar-refractivity contribution in [1.82, 2.24) is 4.90 Å². The van der Waals surface area contributed by atoms with Gasteiger partial charge in [0.25, 0.3) is 0 Å². The minimum atomic E-state index is -4.44. The Morgan fingerprint density at radius 2 is 2.05 bits per heavy atom. The summed E-state index contributed by atoms with van der Waals surface area (Å²) in [6, 6.07) is 3.12. The van der Waals surface area contributed by atoms with Gasteiger partial charge < -0.3 is 15.1 Å². The van der Waals surface area contributed by atoms with E-state index in [0.717, 1.165) is 17.7 Å². The number of carbonyl (C=O) groups excluding carboxylic acids is 1. The third-order valence-electron chi connectivity index (χ3n) is 3.75. The fourth-order valence-corrected chi connectivity index (χ4v) is 2.71. The maximum absolute atomic E-state index is 12.6. The van der Waals surface area contributed by atoms with Crippen LogP contribution in [0.4, 0.5) is 13.2 Å². The fourth-order valence-electron chi connectivity index (χ4n) is 2.71. The molecule has 1 aromatic rings. The molecule has 0 unspecified atom stereocenters. The molecule has 0 spiro atoms. The van der Waals surface area contributed by atoms with Crippen LogP contribution in [-0.2, 0) is 11.3 Å². The van der Waals surface area contributed by atoms with Crippen LogP contribution < -0.4 is 5.73 Å². The van der Waals surface area contributed by atoms with Crippen molar-refractivity contribution in [3.05, 3.63) is 24.2 Å². The molecule has 2 rings (SSSR count). The van der Waals surface area contributed by atoms with E-state index in [4.69, 9.17) is 10.2 Å². The van der Waals surface area contributed by atoms with Crippen LogP contribution in [0.2, 0.25) is 0 Å². The Morgan fingerprint density at radius 3 is 2.57 bits per heavy atom. The molecule has 21 heavy (non-hydrogen) atoms. The van der Waals surface area contributed by atoms with Crippen molar-refractivity contribution in [1.29, 1.82) is 0 Å². The summed E-state index contributed by atoms with van der Waals surface area (Å²) >= 11 is 0. The Kier molecular flexibility index (Phi) is 4.61. The van der Waals surface area contributed by atoms with Gasteiger partial charge >= 0.3 is 6.18 Å². The van der Waals surface area contributed by atoms with Crippen molar-refractivity contribution in [2.24, 2.45) is 5.73 Å². The monoisotopic (exact) mass is 304 g/mol. The quantitative estimate of drug-likeness (QED) is 0.910. The Bertz CT molecular complexity index is 465. The first kappa shape index (κ1) is 15.9. The van der Waals surface area contributed by atoms with E-state index >= 15 is 0 Å². The van der Waals surface area contributed by atoms with Gasteiger partial charge in [-0.1, -0.05) is 12.8 Å². The molecule has 1 heterocycles. The Morgan fingerprint density at radius 1 is 1.38 bits per heavy atom. The molecule has 0 aromatic carbocycles. The number of rotatable bonds is 5. The summed E-state index contributed by atoms with van der Waals surface area (Å²) in [6.45, 7) is -1.48. The molecule has 7 heteroatoms. The molecule has 118 valence electrons. The first-order chi connectivity index (χ1) is 9.77. The molecule has 0 bridgehead atoms. The minimum absolute atomic E-state index is 0.0518. The van der Waals surface area contributed by atoms with Crippen molar-refractivity contribution >= 4 is 5.91 Å². The largest absolute Gasteiger partial charge is 0.467 e. The first-order valence-electron chi connectivity index (χ1n) is 6.93. The van der Waals surface area contributed by atoms with E-state index in [9.17, 15) is 18.0 Å². The summed E-state index contributed by atoms with van der Waals surface area (Å²) in [6.07, 6.45) is 0.0671. The van der Waals surface area contributed by atoms with Crippen LogP contribution in [0, 0.1) is 0 Å². The number of carbonyl (C=O) groups is 1. The zero-order valence-corrected chi connectivity index (χ0v) is 11.7. The van der Waals surface area contributed by atoms with Gasteiger partial charge in [-0.3, -0.25) is 4.79 Å². The van der Waals surface area contributed by atoms with E-state index in [1.165, 1.54) is 6.26 Å². The lowest BCUT2D eigenvalue weighted by Gasteiger charge is -2.28. The zero-order chi connectivity index (χ0) is 15.5. The van der Waals surface area contributed by atoms with E-state index in [0.29, 0.717) is 18.6 Å². The van der Waals surface area contributed by atoms with Gasteiger partial charge in [0.2, 0.25) is 5.91 Å². The van der Waals surface area contributed by atoms with Crippen LogP contribution in [0.5, 0.6) is 0 Å². The molecule has 1 fully saturated rings. The highest BCUT2D eigenvalue weighted by molar-refractivity contribution is 5.77. The first-order valence-corrected chi connectivity index (χ1v) is 6.93. The summed E-state index contributed by atoms with van der Waals surface area (Å²) in [4.78, 5) is 13.0. The van der Waals surface area contributed by atoms with E-state index in [1.807, 2.05) is 0 Å². The predicted molar refractivity (Wildman–Crippen MR) is 70.2 cm³/mol. The minimum Gasteiger partial charge on any atom is -0.467 e. The number of furan rings is 1. The van der Waals surface area contributed by atoms with Gasteiger partial charge in [0.05, 0.1) is 12.8 Å². The lowest BCUT2D eigenvalue weighted by atomic mass is 9.94. The Balaban J connectivity index is 2.04. The van der Waals surface area contributed by atoms with Gasteiger partial charge in [-0.05, 0) is 25.0 Å². The zero-order valence-electron chi connectivity index (χ0n) is 11.7. The van der Waals surface area contributed by atoms with Crippen molar-refractivity contribution in [2.75, 3.05) is 6.54 Å². The maximum atomic E-state index is 12.6. The van der Waals surface area contributed by atoms with E-state index < -0.39 is 24.2 Å². The van der Waals surface area contributed by atoms with Crippen molar-refractivity contribution in [3.8, 4) is 0 Å². The number of hydrogen-bond acceptors (Lipinski definition) is 3. The molecule has 1 aromatic heterocycles. The summed E-state index contributed by atoms with van der Waals surface area (Å²) in [5.74, 6) is -0.252. The molecule has 4 nitrogen and oxygen atoms in total. The third kappa shape index (κ3) is 4.77. The topological polar surface area (TPSA) is 59.5 Å². The Labute approximate surface area is 121 Å². The summed E-state index contributed by atoms with van der Waals surface area (Å²) in [7, 11) is 0. The highest BCUT2D eigenvalue weighted by atomic mass is 19.4. The fraction of sp³-hybridized carbons (Fsp3) is 0.643. The lowest BCUT2D eigenvalue weighted by Crippen LogP contribution is -2.45. The molecule has 0 radical (unpaired) electrons. The van der Waals surface area contributed by atoms with Crippen LogP contribution in [0.3, 0.4) is 0 Å². The molecule has 0 aliphatic heterocycles. The lowest BCUT2D eigenvalue weighted by molar-refractivity contribution is -0.163. The molecule has 0 atom stereocenters. The SMILES string of the molecule is NC1(CC(=O)N(Cc2ccco2)CC(F)(F)F)CCCC1. The van der Waals surface area contributed by atoms with Crippen molar-refractivity contribution in [3.63, 3.8) is 0 Å². The van der Waals surface area contributed by atoms with E-state index in [2.05, 4.69) is 0 Å². The molecule has 1 aliphatic carbocycles. The van der Waals surface area contributed by atoms with E-state index in [1.54, 1.807) is 12.1 Å². The number of nitrogens with zero attached hydrogens (tertiary/aromatic N) is 1. The average molecular weight is 304 g/mol. The summed E-state index contributed by atoms with van der Waals surface area (Å²) in [5.41, 5.74) is 5.42. The Hall–Kier alpha value is -1.50. The van der Waals surface area contributed by atoms with Gasteiger partial charge in [-0.15, -0.1) is 0 Å². The highest BCUT2D eigenvalue weighted by Crippen LogP contribution is 2.31. The number of amides is 1. The molecule has 0 saturated heterocycles. The second-order valence-corrected chi connectivity index (χ2v) is 5.69. The smallest absolute Gasteiger partial charge is 0.406 e. The second-order valence-electron chi connectivity index (χ2n) is 5.69. The molecule has 1 aliphatic rings. The van der Waals surface area contributed by atoms with Crippen molar-refractivity contribution in [2.45, 2.75) is 50.4 Å². The van der Waals surface area contributed by atoms with Gasteiger partial charge in [0.15, 0.2) is 0 Å². The molecule has 1 saturated carbocycles. The average Bonchev–Trinajstić information content (AvgIpc) is 2.98. The summed E-state index contributed by atoms with van der Waals surface area (Å²) in [5, 5.41) is 0. The standard InChI is InChI=1S/C14H19F3N2O2/c15-14(16,17)10-19(9-11-4-3-7-21-11)12(20)8-13(18)5-1-2-6-13/h3-4,7H,1-2,5-6,8-10,18H2. The van der Waals surface area contributed by atoms with Gasteiger partial charge in [-0.25, -0.2) is 0 Å². The predicted octanol–water partition coefficient (Wildman–Crippen LogP) is 2.83.